The van der Waals surface area contributed by atoms with Crippen molar-refractivity contribution in [3.63, 3.8) is 0 Å². The van der Waals surface area contributed by atoms with E-state index in [1.807, 2.05) is 19.0 Å². The Morgan fingerprint density at radius 1 is 1.33 bits per heavy atom. The number of rotatable bonds is 7. The van der Waals surface area contributed by atoms with Gasteiger partial charge in [-0.3, -0.25) is 4.79 Å². The van der Waals surface area contributed by atoms with Gasteiger partial charge in [0.05, 0.1) is 5.75 Å². The molecule has 2 atom stereocenters. The second-order valence-electron chi connectivity index (χ2n) is 7.48. The summed E-state index contributed by atoms with van der Waals surface area (Å²) in [5.74, 6) is 0.473. The Hall–Kier alpha value is -0.460. The van der Waals surface area contributed by atoms with E-state index in [1.54, 1.807) is 0 Å². The van der Waals surface area contributed by atoms with Gasteiger partial charge in [-0.2, -0.15) is 0 Å². The molecule has 1 N–H and O–H groups in total. The van der Waals surface area contributed by atoms with Gasteiger partial charge in [0, 0.05) is 18.4 Å². The molecule has 0 aromatic carbocycles. The van der Waals surface area contributed by atoms with Gasteiger partial charge >= 0.3 is 0 Å². The third-order valence-corrected chi connectivity index (χ3v) is 7.20. The average Bonchev–Trinajstić information content (AvgIpc) is 2.68. The van der Waals surface area contributed by atoms with Crippen molar-refractivity contribution < 1.29 is 13.2 Å². The third-order valence-electron chi connectivity index (χ3n) is 5.68. The Kier molecular flexibility index (Phi) is 4.53. The molecule has 122 valence electrons. The third kappa shape index (κ3) is 3.03. The van der Waals surface area contributed by atoms with Crippen molar-refractivity contribution in [1.82, 2.24) is 9.62 Å². The fraction of sp³-hybridized carbons (Fsp3) is 0.933. The molecule has 2 unspecified atom stereocenters. The lowest BCUT2D eigenvalue weighted by atomic mass is 9.70. The molecule has 0 aromatic rings. The van der Waals surface area contributed by atoms with Crippen LogP contribution in [0.3, 0.4) is 0 Å². The number of carbonyl (C=O) groups is 1. The molecule has 2 bridgehead atoms. The SMILES string of the molecule is CN(C)CCCNS(=O)(=O)CC12CCC(CC1=O)C2(C)C. The fourth-order valence-electron chi connectivity index (χ4n) is 4.11. The van der Waals surface area contributed by atoms with Crippen LogP contribution < -0.4 is 4.72 Å². The van der Waals surface area contributed by atoms with Crippen molar-refractivity contribution in [2.24, 2.45) is 16.7 Å². The average molecular weight is 316 g/mol. The normalized spacial score (nSPS) is 31.3. The maximum atomic E-state index is 12.4. The molecule has 0 amide bonds. The van der Waals surface area contributed by atoms with Crippen molar-refractivity contribution >= 4 is 15.8 Å². The molecule has 2 saturated carbocycles. The van der Waals surface area contributed by atoms with E-state index in [0.717, 1.165) is 25.8 Å². The minimum absolute atomic E-state index is 0.0374. The van der Waals surface area contributed by atoms with E-state index in [-0.39, 0.29) is 17.0 Å². The van der Waals surface area contributed by atoms with Crippen molar-refractivity contribution in [2.45, 2.75) is 39.5 Å². The first kappa shape index (κ1) is 16.9. The van der Waals surface area contributed by atoms with E-state index in [9.17, 15) is 13.2 Å². The summed E-state index contributed by atoms with van der Waals surface area (Å²) < 4.78 is 27.4. The highest BCUT2D eigenvalue weighted by Gasteiger charge is 2.65. The predicted molar refractivity (Wildman–Crippen MR) is 83.5 cm³/mol. The molecular weight excluding hydrogens is 288 g/mol. The van der Waals surface area contributed by atoms with Crippen molar-refractivity contribution in [1.29, 1.82) is 0 Å². The van der Waals surface area contributed by atoms with Gasteiger partial charge in [0.2, 0.25) is 10.0 Å². The molecule has 0 heterocycles. The standard InChI is InChI=1S/C15H28N2O3S/c1-14(2)12-6-7-15(14,13(18)10-12)11-21(19,20)16-8-5-9-17(3)4/h12,16H,5-11H2,1-4H3. The summed E-state index contributed by atoms with van der Waals surface area (Å²) in [6, 6.07) is 0. The van der Waals surface area contributed by atoms with Crippen LogP contribution in [0.25, 0.3) is 0 Å². The lowest BCUT2D eigenvalue weighted by Gasteiger charge is -2.36. The maximum absolute atomic E-state index is 12.4. The molecule has 2 aliphatic rings. The second-order valence-corrected chi connectivity index (χ2v) is 9.28. The van der Waals surface area contributed by atoms with E-state index in [1.165, 1.54) is 0 Å². The summed E-state index contributed by atoms with van der Waals surface area (Å²) in [4.78, 5) is 14.4. The summed E-state index contributed by atoms with van der Waals surface area (Å²) in [5.41, 5.74) is -0.854. The monoisotopic (exact) mass is 316 g/mol. The summed E-state index contributed by atoms with van der Waals surface area (Å²) in [7, 11) is 0.528. The van der Waals surface area contributed by atoms with E-state index in [0.29, 0.717) is 18.9 Å². The Morgan fingerprint density at radius 2 is 2.00 bits per heavy atom. The minimum atomic E-state index is -3.40. The van der Waals surface area contributed by atoms with Gasteiger partial charge in [0.15, 0.2) is 0 Å². The van der Waals surface area contributed by atoms with Gasteiger partial charge in [0.25, 0.3) is 0 Å². The van der Waals surface area contributed by atoms with Gasteiger partial charge in [-0.1, -0.05) is 13.8 Å². The number of hydrogen-bond donors (Lipinski definition) is 1. The van der Waals surface area contributed by atoms with Gasteiger partial charge < -0.3 is 4.90 Å². The fourth-order valence-corrected chi connectivity index (χ4v) is 5.99. The zero-order chi connectivity index (χ0) is 15.9. The van der Waals surface area contributed by atoms with E-state index in [2.05, 4.69) is 18.6 Å². The molecule has 21 heavy (non-hydrogen) atoms. The first-order chi connectivity index (χ1) is 9.61. The highest BCUT2D eigenvalue weighted by molar-refractivity contribution is 7.89. The lowest BCUT2D eigenvalue weighted by Crippen LogP contribution is -2.45. The molecular formula is C15H28N2O3S. The number of ketones is 1. The largest absolute Gasteiger partial charge is 0.309 e. The van der Waals surface area contributed by atoms with Gasteiger partial charge in [-0.05, 0) is 51.2 Å². The van der Waals surface area contributed by atoms with E-state index in [4.69, 9.17) is 0 Å². The number of carbonyl (C=O) groups excluding carboxylic acids is 1. The summed E-state index contributed by atoms with van der Waals surface area (Å²) in [6.45, 7) is 5.42. The molecule has 0 aromatic heterocycles. The summed E-state index contributed by atoms with van der Waals surface area (Å²) in [5, 5.41) is 0. The first-order valence-electron chi connectivity index (χ1n) is 7.76. The molecule has 6 heteroatoms. The summed E-state index contributed by atoms with van der Waals surface area (Å²) in [6.07, 6.45) is 3.04. The number of fused-ring (bicyclic) bond motifs is 2. The van der Waals surface area contributed by atoms with Crippen LogP contribution in [0.1, 0.15) is 39.5 Å². The maximum Gasteiger partial charge on any atom is 0.212 e. The highest BCUT2D eigenvalue weighted by Crippen LogP contribution is 2.64. The molecule has 0 aliphatic heterocycles. The van der Waals surface area contributed by atoms with Crippen molar-refractivity contribution in [3.8, 4) is 0 Å². The van der Waals surface area contributed by atoms with Crippen LogP contribution in [0, 0.1) is 16.7 Å². The molecule has 0 spiro atoms. The molecule has 0 radical (unpaired) electrons. The first-order valence-corrected chi connectivity index (χ1v) is 9.41. The van der Waals surface area contributed by atoms with Crippen LogP contribution in [-0.2, 0) is 14.8 Å². The lowest BCUT2D eigenvalue weighted by molar-refractivity contribution is -0.128. The van der Waals surface area contributed by atoms with E-state index < -0.39 is 15.4 Å². The van der Waals surface area contributed by atoms with Gasteiger partial charge in [-0.25, -0.2) is 13.1 Å². The predicted octanol–water partition coefficient (Wildman–Crippen LogP) is 1.25. The quantitative estimate of drug-likeness (QED) is 0.718. The Morgan fingerprint density at radius 3 is 2.48 bits per heavy atom. The van der Waals surface area contributed by atoms with Gasteiger partial charge in [-0.15, -0.1) is 0 Å². The topological polar surface area (TPSA) is 66.5 Å². The Labute approximate surface area is 128 Å². The van der Waals surface area contributed by atoms with Crippen LogP contribution >= 0.6 is 0 Å². The molecule has 2 rings (SSSR count). The van der Waals surface area contributed by atoms with Crippen LogP contribution in [0.5, 0.6) is 0 Å². The Bertz CT molecular complexity index is 513. The number of nitrogens with zero attached hydrogens (tertiary/aromatic N) is 1. The van der Waals surface area contributed by atoms with Crippen LogP contribution in [0.4, 0.5) is 0 Å². The second kappa shape index (κ2) is 5.63. The molecule has 2 aliphatic carbocycles. The highest BCUT2D eigenvalue weighted by atomic mass is 32.2. The number of hydrogen-bond acceptors (Lipinski definition) is 4. The summed E-state index contributed by atoms with van der Waals surface area (Å²) >= 11 is 0. The Balaban J connectivity index is 2.01. The van der Waals surface area contributed by atoms with Crippen molar-refractivity contribution in [2.75, 3.05) is 32.9 Å². The zero-order valence-corrected chi connectivity index (χ0v) is 14.4. The molecule has 2 fully saturated rings. The number of Topliss-reactive ketones (excluding diaryl/α,β-unsaturated/α-hetero) is 1. The van der Waals surface area contributed by atoms with Crippen LogP contribution in [0.2, 0.25) is 0 Å². The van der Waals surface area contributed by atoms with Crippen LogP contribution in [-0.4, -0.2) is 52.0 Å². The number of sulfonamides is 1. The molecule has 0 saturated heterocycles. The molecule has 5 nitrogen and oxygen atoms in total. The zero-order valence-electron chi connectivity index (χ0n) is 13.6. The van der Waals surface area contributed by atoms with Crippen LogP contribution in [0.15, 0.2) is 0 Å². The smallest absolute Gasteiger partial charge is 0.212 e. The number of nitrogens with one attached hydrogen (secondary N) is 1. The van der Waals surface area contributed by atoms with Gasteiger partial charge in [0.1, 0.15) is 5.78 Å². The van der Waals surface area contributed by atoms with E-state index >= 15 is 0 Å². The minimum Gasteiger partial charge on any atom is -0.309 e. The van der Waals surface area contributed by atoms with Crippen molar-refractivity contribution in [3.05, 3.63) is 0 Å².